The van der Waals surface area contributed by atoms with Crippen molar-refractivity contribution in [2.24, 2.45) is 5.92 Å². The zero-order valence-electron chi connectivity index (χ0n) is 19.8. The highest BCUT2D eigenvalue weighted by atomic mass is 15.3. The summed E-state index contributed by atoms with van der Waals surface area (Å²) in [6, 6.07) is 8.98. The Labute approximate surface area is 204 Å². The molecule has 0 atom stereocenters. The van der Waals surface area contributed by atoms with Crippen LogP contribution in [0, 0.1) is 5.92 Å². The highest BCUT2D eigenvalue weighted by molar-refractivity contribution is 5.98. The number of benzene rings is 1. The molecule has 0 bridgehead atoms. The molecule has 9 nitrogen and oxygen atoms in total. The fraction of sp³-hybridized carbons (Fsp3) is 0.500. The Bertz CT molecular complexity index is 1300. The van der Waals surface area contributed by atoms with Gasteiger partial charge in [0.1, 0.15) is 5.82 Å². The molecule has 0 radical (unpaired) electrons. The lowest BCUT2D eigenvalue weighted by Crippen LogP contribution is -2.38. The quantitative estimate of drug-likeness (QED) is 0.420. The maximum atomic E-state index is 4.80. The first-order chi connectivity index (χ1) is 17.3. The van der Waals surface area contributed by atoms with Crippen LogP contribution in [0.3, 0.4) is 0 Å². The molecule has 4 heterocycles. The fourth-order valence-electron chi connectivity index (χ4n) is 5.68. The minimum Gasteiger partial charge on any atom is -0.365 e. The van der Waals surface area contributed by atoms with E-state index >= 15 is 0 Å². The van der Waals surface area contributed by atoms with Gasteiger partial charge < -0.3 is 14.8 Å². The lowest BCUT2D eigenvalue weighted by atomic mass is 9.80. The number of rotatable bonds is 7. The first-order valence-electron chi connectivity index (χ1n) is 12.9. The molecule has 180 valence electrons. The van der Waals surface area contributed by atoms with Gasteiger partial charge in [-0.2, -0.15) is 5.10 Å². The van der Waals surface area contributed by atoms with E-state index in [1.54, 1.807) is 0 Å². The number of aromatic nitrogens is 7. The molecule has 0 spiro atoms. The smallest absolute Gasteiger partial charge is 0.159 e. The molecular formula is C26H31N9. The zero-order chi connectivity index (χ0) is 23.2. The van der Waals surface area contributed by atoms with Gasteiger partial charge in [-0.3, -0.25) is 5.10 Å². The molecule has 3 aromatic heterocycles. The number of piperidine rings is 1. The third kappa shape index (κ3) is 4.13. The first kappa shape index (κ1) is 20.8. The average Bonchev–Trinajstić information content (AvgIpc) is 3.37. The van der Waals surface area contributed by atoms with Crippen LogP contribution in [0.2, 0.25) is 0 Å². The van der Waals surface area contributed by atoms with Crippen molar-refractivity contribution in [1.29, 1.82) is 0 Å². The third-order valence-corrected chi connectivity index (χ3v) is 7.92. The monoisotopic (exact) mass is 469 g/mol. The average molecular weight is 470 g/mol. The van der Waals surface area contributed by atoms with E-state index in [1.165, 1.54) is 18.2 Å². The number of fused-ring (bicyclic) bond motifs is 1. The fourth-order valence-corrected chi connectivity index (χ4v) is 5.68. The van der Waals surface area contributed by atoms with Gasteiger partial charge in [0.15, 0.2) is 17.5 Å². The number of imidazole rings is 1. The summed E-state index contributed by atoms with van der Waals surface area (Å²) in [5.41, 5.74) is 0. The van der Waals surface area contributed by atoms with Gasteiger partial charge in [-0.25, -0.2) is 9.97 Å². The van der Waals surface area contributed by atoms with Gasteiger partial charge in [0.05, 0.1) is 6.33 Å². The Balaban J connectivity index is 1.02. The second kappa shape index (κ2) is 8.62. The molecule has 0 unspecified atom stereocenters. The van der Waals surface area contributed by atoms with Crippen molar-refractivity contribution in [1.82, 2.24) is 34.9 Å². The number of H-pyrrole nitrogens is 1. The standard InChI is InChI=1S/C26H31N9/c1-2-4-22-21(3-1)25(28-20-13-17(14-20)15-34-12-9-27-16-34)32-33-26(22)35-10-7-19(8-11-35)24-29-23(30-31-24)18-5-6-18/h1-4,9,12,16-20H,5-8,10-11,13-15H2,(H,28,32)(H,29,30,31). The van der Waals surface area contributed by atoms with Gasteiger partial charge in [0.2, 0.25) is 0 Å². The van der Waals surface area contributed by atoms with Gasteiger partial charge in [0.25, 0.3) is 0 Å². The molecule has 2 aliphatic carbocycles. The molecule has 1 saturated heterocycles. The molecule has 1 aliphatic heterocycles. The van der Waals surface area contributed by atoms with Crippen molar-refractivity contribution in [3.63, 3.8) is 0 Å². The van der Waals surface area contributed by atoms with Crippen LogP contribution in [-0.4, -0.2) is 54.1 Å². The summed E-state index contributed by atoms with van der Waals surface area (Å²) in [6.07, 6.45) is 12.7. The third-order valence-electron chi connectivity index (χ3n) is 7.92. The Morgan fingerprint density at radius 1 is 0.971 bits per heavy atom. The van der Waals surface area contributed by atoms with Crippen molar-refractivity contribution in [2.45, 2.75) is 62.9 Å². The first-order valence-corrected chi connectivity index (χ1v) is 12.9. The molecule has 3 fully saturated rings. The molecule has 2 saturated carbocycles. The van der Waals surface area contributed by atoms with Crippen molar-refractivity contribution in [3.8, 4) is 0 Å². The maximum Gasteiger partial charge on any atom is 0.159 e. The highest BCUT2D eigenvalue weighted by Gasteiger charge is 2.32. The maximum absolute atomic E-state index is 4.80. The van der Waals surface area contributed by atoms with Crippen LogP contribution in [0.4, 0.5) is 11.6 Å². The molecule has 3 aliphatic rings. The van der Waals surface area contributed by atoms with Crippen molar-refractivity contribution in [3.05, 3.63) is 54.6 Å². The summed E-state index contributed by atoms with van der Waals surface area (Å²) in [5, 5.41) is 23.1. The molecule has 4 aromatic rings. The summed E-state index contributed by atoms with van der Waals surface area (Å²) < 4.78 is 2.17. The molecule has 2 N–H and O–H groups in total. The number of aromatic amines is 1. The number of hydrogen-bond acceptors (Lipinski definition) is 7. The van der Waals surface area contributed by atoms with E-state index in [1.807, 2.05) is 18.7 Å². The van der Waals surface area contributed by atoms with E-state index in [9.17, 15) is 0 Å². The molecule has 7 rings (SSSR count). The predicted molar refractivity (Wildman–Crippen MR) is 134 cm³/mol. The van der Waals surface area contributed by atoms with E-state index in [4.69, 9.17) is 10.1 Å². The van der Waals surface area contributed by atoms with Gasteiger partial charge in [-0.15, -0.1) is 10.2 Å². The summed E-state index contributed by atoms with van der Waals surface area (Å²) in [7, 11) is 0. The second-order valence-electron chi connectivity index (χ2n) is 10.5. The molecule has 1 aromatic carbocycles. The van der Waals surface area contributed by atoms with E-state index in [-0.39, 0.29) is 0 Å². The molecule has 0 amide bonds. The van der Waals surface area contributed by atoms with E-state index in [0.29, 0.717) is 23.8 Å². The Morgan fingerprint density at radius 2 is 1.80 bits per heavy atom. The molecule has 35 heavy (non-hydrogen) atoms. The normalized spacial score (nSPS) is 22.9. The van der Waals surface area contributed by atoms with Crippen LogP contribution in [0.1, 0.15) is 62.0 Å². The largest absolute Gasteiger partial charge is 0.365 e. The summed E-state index contributed by atoms with van der Waals surface area (Å²) in [6.45, 7) is 2.94. The highest BCUT2D eigenvalue weighted by Crippen LogP contribution is 2.39. The number of nitrogens with one attached hydrogen (secondary N) is 2. The summed E-state index contributed by atoms with van der Waals surface area (Å²) in [5.74, 6) is 5.70. The van der Waals surface area contributed by atoms with Crippen LogP contribution in [0.15, 0.2) is 43.0 Å². The lowest BCUT2D eigenvalue weighted by Gasteiger charge is -2.36. The van der Waals surface area contributed by atoms with Gasteiger partial charge in [-0.1, -0.05) is 24.3 Å². The SMILES string of the molecule is c1ccc2c(N3CCC(c4nc(C5CC5)n[nH]4)CC3)nnc(NC3CC(Cn4ccnc4)C3)c2c1. The van der Waals surface area contributed by atoms with Crippen LogP contribution < -0.4 is 10.2 Å². The molecule has 9 heteroatoms. The van der Waals surface area contributed by atoms with Gasteiger partial charge in [0, 0.05) is 60.7 Å². The van der Waals surface area contributed by atoms with Crippen LogP contribution >= 0.6 is 0 Å². The minimum atomic E-state index is 0.445. The van der Waals surface area contributed by atoms with Crippen LogP contribution in [0.25, 0.3) is 10.8 Å². The van der Waals surface area contributed by atoms with Gasteiger partial charge in [-0.05, 0) is 44.4 Å². The number of nitrogens with zero attached hydrogens (tertiary/aromatic N) is 7. The number of anilines is 2. The van der Waals surface area contributed by atoms with E-state index in [2.05, 4.69) is 59.3 Å². The summed E-state index contributed by atoms with van der Waals surface area (Å²) >= 11 is 0. The van der Waals surface area contributed by atoms with Crippen LogP contribution in [0.5, 0.6) is 0 Å². The van der Waals surface area contributed by atoms with Crippen molar-refractivity contribution < 1.29 is 0 Å². The van der Waals surface area contributed by atoms with E-state index < -0.39 is 0 Å². The Kier molecular flexibility index (Phi) is 5.14. The van der Waals surface area contributed by atoms with Gasteiger partial charge >= 0.3 is 0 Å². The Hall–Kier alpha value is -3.49. The minimum absolute atomic E-state index is 0.445. The summed E-state index contributed by atoms with van der Waals surface area (Å²) in [4.78, 5) is 11.3. The van der Waals surface area contributed by atoms with Crippen LogP contribution in [-0.2, 0) is 6.54 Å². The van der Waals surface area contributed by atoms with Crippen molar-refractivity contribution in [2.75, 3.05) is 23.3 Å². The lowest BCUT2D eigenvalue weighted by molar-refractivity contribution is 0.249. The van der Waals surface area contributed by atoms with Crippen molar-refractivity contribution >= 4 is 22.4 Å². The molecular weight excluding hydrogens is 438 g/mol. The second-order valence-corrected chi connectivity index (χ2v) is 10.5. The van der Waals surface area contributed by atoms with E-state index in [0.717, 1.165) is 74.0 Å². The zero-order valence-corrected chi connectivity index (χ0v) is 19.8. The Morgan fingerprint density at radius 3 is 2.57 bits per heavy atom. The number of hydrogen-bond donors (Lipinski definition) is 2. The predicted octanol–water partition coefficient (Wildman–Crippen LogP) is 4.10. The topological polar surface area (TPSA) is 100 Å².